The van der Waals surface area contributed by atoms with Crippen LogP contribution in [-0.2, 0) is 6.54 Å². The highest BCUT2D eigenvalue weighted by Crippen LogP contribution is 2.16. The smallest absolute Gasteiger partial charge is 0.170 e. The molecule has 1 aromatic rings. The highest BCUT2D eigenvalue weighted by Gasteiger charge is 2.23. The third kappa shape index (κ3) is 3.45. The van der Waals surface area contributed by atoms with E-state index in [1.54, 1.807) is 0 Å². The summed E-state index contributed by atoms with van der Waals surface area (Å²) in [6.45, 7) is 3.13. The Balaban J connectivity index is 2.00. The summed E-state index contributed by atoms with van der Waals surface area (Å²) in [5, 5.41) is 11.7. The van der Waals surface area contributed by atoms with Crippen molar-refractivity contribution in [2.75, 3.05) is 27.2 Å². The molecule has 104 valence electrons. The topological polar surface area (TPSA) is 65.1 Å². The van der Waals surface area contributed by atoms with Crippen LogP contribution in [-0.4, -0.2) is 54.1 Å². The molecular weight excluding hydrogens is 240 g/mol. The van der Waals surface area contributed by atoms with Gasteiger partial charge in [0.1, 0.15) is 0 Å². The van der Waals surface area contributed by atoms with Gasteiger partial charge in [-0.15, -0.1) is 0 Å². The first-order valence-corrected chi connectivity index (χ1v) is 6.56. The fourth-order valence-corrected chi connectivity index (χ4v) is 2.52. The summed E-state index contributed by atoms with van der Waals surface area (Å²) >= 11 is 0. The fraction of sp³-hybridized carbons (Fsp3) is 0.500. The highest BCUT2D eigenvalue weighted by molar-refractivity contribution is 5.97. The van der Waals surface area contributed by atoms with Crippen molar-refractivity contribution in [1.29, 1.82) is 0 Å². The summed E-state index contributed by atoms with van der Waals surface area (Å²) in [6, 6.07) is 8.51. The Bertz CT molecular complexity index is 459. The summed E-state index contributed by atoms with van der Waals surface area (Å²) < 4.78 is 0. The number of likely N-dealkylation sites (N-methyl/N-ethyl adjacent to an activating group) is 1. The van der Waals surface area contributed by atoms with Gasteiger partial charge in [-0.25, -0.2) is 0 Å². The van der Waals surface area contributed by atoms with Gasteiger partial charge in [0.05, 0.1) is 0 Å². The molecule has 1 aliphatic rings. The second-order valence-electron chi connectivity index (χ2n) is 5.33. The number of rotatable bonds is 4. The number of oxime groups is 1. The molecule has 1 fully saturated rings. The van der Waals surface area contributed by atoms with E-state index in [-0.39, 0.29) is 5.84 Å². The number of benzene rings is 1. The van der Waals surface area contributed by atoms with Crippen molar-refractivity contribution in [2.24, 2.45) is 10.9 Å². The average molecular weight is 262 g/mol. The lowest BCUT2D eigenvalue weighted by Crippen LogP contribution is -2.31. The Morgan fingerprint density at radius 2 is 2.32 bits per heavy atom. The van der Waals surface area contributed by atoms with Gasteiger partial charge >= 0.3 is 0 Å². The van der Waals surface area contributed by atoms with Crippen LogP contribution in [0.15, 0.2) is 29.4 Å². The van der Waals surface area contributed by atoms with Gasteiger partial charge in [-0.2, -0.15) is 0 Å². The molecule has 0 saturated carbocycles. The molecule has 0 radical (unpaired) electrons. The molecule has 1 aliphatic heterocycles. The van der Waals surface area contributed by atoms with Crippen molar-refractivity contribution >= 4 is 5.84 Å². The Morgan fingerprint density at radius 3 is 2.95 bits per heavy atom. The molecule has 1 unspecified atom stereocenters. The molecule has 0 amide bonds. The standard InChI is InChI=1S/C14H22N4O/c1-17(2)13-6-7-18(10-13)9-11-4-3-5-12(8-11)14(15)16-19/h3-5,8,13,19H,6-7,9-10H2,1-2H3,(H2,15,16). The minimum atomic E-state index is 0.162. The van der Waals surface area contributed by atoms with Gasteiger partial charge in [-0.3, -0.25) is 4.90 Å². The molecule has 1 saturated heterocycles. The molecule has 0 bridgehead atoms. The predicted molar refractivity (Wildman–Crippen MR) is 76.3 cm³/mol. The molecular formula is C14H22N4O. The molecule has 5 nitrogen and oxygen atoms in total. The highest BCUT2D eigenvalue weighted by atomic mass is 16.4. The molecule has 2 rings (SSSR count). The van der Waals surface area contributed by atoms with Crippen LogP contribution in [0.4, 0.5) is 0 Å². The fourth-order valence-electron chi connectivity index (χ4n) is 2.52. The summed E-state index contributed by atoms with van der Waals surface area (Å²) in [4.78, 5) is 4.73. The molecule has 3 N–H and O–H groups in total. The van der Waals surface area contributed by atoms with Crippen LogP contribution in [0.1, 0.15) is 17.5 Å². The quantitative estimate of drug-likeness (QED) is 0.366. The van der Waals surface area contributed by atoms with E-state index in [0.29, 0.717) is 6.04 Å². The number of nitrogens with two attached hydrogens (primary N) is 1. The third-order valence-electron chi connectivity index (χ3n) is 3.71. The summed E-state index contributed by atoms with van der Waals surface area (Å²) in [5.41, 5.74) is 7.58. The normalized spacial score (nSPS) is 21.2. The Hall–Kier alpha value is -1.59. The lowest BCUT2D eigenvalue weighted by Gasteiger charge is -2.20. The number of likely N-dealkylation sites (tertiary alicyclic amines) is 1. The Kier molecular flexibility index (Phi) is 4.39. The van der Waals surface area contributed by atoms with E-state index in [1.165, 1.54) is 12.0 Å². The van der Waals surface area contributed by atoms with E-state index < -0.39 is 0 Å². The van der Waals surface area contributed by atoms with Crippen molar-refractivity contribution in [3.8, 4) is 0 Å². The Labute approximate surface area is 114 Å². The van der Waals surface area contributed by atoms with E-state index in [1.807, 2.05) is 18.2 Å². The van der Waals surface area contributed by atoms with E-state index in [9.17, 15) is 0 Å². The first-order valence-electron chi connectivity index (χ1n) is 6.56. The Morgan fingerprint density at radius 1 is 1.53 bits per heavy atom. The zero-order chi connectivity index (χ0) is 13.8. The van der Waals surface area contributed by atoms with Gasteiger partial charge in [0, 0.05) is 31.2 Å². The van der Waals surface area contributed by atoms with Crippen LogP contribution >= 0.6 is 0 Å². The number of hydrogen-bond acceptors (Lipinski definition) is 4. The second kappa shape index (κ2) is 6.04. The molecule has 0 spiro atoms. The molecule has 1 aromatic carbocycles. The van der Waals surface area contributed by atoms with Gasteiger partial charge in [0.2, 0.25) is 0 Å². The van der Waals surface area contributed by atoms with Gasteiger partial charge in [-0.1, -0.05) is 23.4 Å². The number of hydrogen-bond donors (Lipinski definition) is 2. The SMILES string of the molecule is CN(C)C1CCN(Cc2cccc(C(N)=NO)c2)C1. The summed E-state index contributed by atoms with van der Waals surface area (Å²) in [5.74, 6) is 0.162. The number of nitrogens with zero attached hydrogens (tertiary/aromatic N) is 3. The van der Waals surface area contributed by atoms with E-state index in [2.05, 4.69) is 35.1 Å². The van der Waals surface area contributed by atoms with Gasteiger partial charge in [0.15, 0.2) is 5.84 Å². The summed E-state index contributed by atoms with van der Waals surface area (Å²) in [6.07, 6.45) is 1.22. The zero-order valence-corrected chi connectivity index (χ0v) is 11.6. The van der Waals surface area contributed by atoms with Crippen molar-refractivity contribution in [3.63, 3.8) is 0 Å². The van der Waals surface area contributed by atoms with Crippen molar-refractivity contribution in [2.45, 2.75) is 19.0 Å². The maximum Gasteiger partial charge on any atom is 0.170 e. The zero-order valence-electron chi connectivity index (χ0n) is 11.6. The molecule has 0 aromatic heterocycles. The van der Waals surface area contributed by atoms with Crippen LogP contribution in [0.2, 0.25) is 0 Å². The van der Waals surface area contributed by atoms with Crippen LogP contribution in [0.3, 0.4) is 0 Å². The van der Waals surface area contributed by atoms with Crippen molar-refractivity contribution < 1.29 is 5.21 Å². The van der Waals surface area contributed by atoms with E-state index >= 15 is 0 Å². The lowest BCUT2D eigenvalue weighted by atomic mass is 10.1. The third-order valence-corrected chi connectivity index (χ3v) is 3.71. The van der Waals surface area contributed by atoms with Gasteiger partial charge in [-0.05, 0) is 32.1 Å². The van der Waals surface area contributed by atoms with Crippen LogP contribution in [0, 0.1) is 0 Å². The predicted octanol–water partition coefficient (Wildman–Crippen LogP) is 0.917. The lowest BCUT2D eigenvalue weighted by molar-refractivity contribution is 0.264. The van der Waals surface area contributed by atoms with E-state index in [4.69, 9.17) is 10.9 Å². The second-order valence-corrected chi connectivity index (χ2v) is 5.33. The maximum absolute atomic E-state index is 8.71. The first kappa shape index (κ1) is 13.8. The number of amidine groups is 1. The maximum atomic E-state index is 8.71. The molecule has 1 heterocycles. The van der Waals surface area contributed by atoms with Crippen molar-refractivity contribution in [3.05, 3.63) is 35.4 Å². The van der Waals surface area contributed by atoms with Crippen LogP contribution < -0.4 is 5.73 Å². The molecule has 19 heavy (non-hydrogen) atoms. The summed E-state index contributed by atoms with van der Waals surface area (Å²) in [7, 11) is 4.26. The minimum Gasteiger partial charge on any atom is -0.409 e. The largest absolute Gasteiger partial charge is 0.409 e. The van der Waals surface area contributed by atoms with Gasteiger partial charge < -0.3 is 15.8 Å². The van der Waals surface area contributed by atoms with E-state index in [0.717, 1.165) is 25.2 Å². The minimum absolute atomic E-state index is 0.162. The van der Waals surface area contributed by atoms with Crippen molar-refractivity contribution in [1.82, 2.24) is 9.80 Å². The molecule has 0 aliphatic carbocycles. The molecule has 1 atom stereocenters. The van der Waals surface area contributed by atoms with Crippen LogP contribution in [0.5, 0.6) is 0 Å². The average Bonchev–Trinajstić information content (AvgIpc) is 2.87. The van der Waals surface area contributed by atoms with Crippen LogP contribution in [0.25, 0.3) is 0 Å². The first-order chi connectivity index (χ1) is 9.10. The molecule has 5 heteroatoms. The van der Waals surface area contributed by atoms with Gasteiger partial charge in [0.25, 0.3) is 0 Å². The monoisotopic (exact) mass is 262 g/mol.